The van der Waals surface area contributed by atoms with E-state index in [9.17, 15) is 30.0 Å². The van der Waals surface area contributed by atoms with E-state index in [0.717, 1.165) is 12.1 Å². The summed E-state index contributed by atoms with van der Waals surface area (Å²) in [5, 5.41) is 39.4. The smallest absolute Gasteiger partial charge is 0.316 e. The SMILES string of the molecule is CCC(CC)C(=O)c1cc(O)c2c(c1)OC(CC)(C(=O)c1cc(O)c(O)c(O)c1)O2. The van der Waals surface area contributed by atoms with Crippen LogP contribution in [0.1, 0.15) is 60.7 Å². The first-order valence-corrected chi connectivity index (χ1v) is 9.76. The van der Waals surface area contributed by atoms with E-state index in [-0.39, 0.29) is 46.5 Å². The van der Waals surface area contributed by atoms with Gasteiger partial charge in [-0.1, -0.05) is 20.8 Å². The van der Waals surface area contributed by atoms with Crippen molar-refractivity contribution in [2.24, 2.45) is 5.92 Å². The average molecular weight is 416 g/mol. The van der Waals surface area contributed by atoms with Crippen LogP contribution in [-0.4, -0.2) is 37.8 Å². The topological polar surface area (TPSA) is 134 Å². The van der Waals surface area contributed by atoms with Gasteiger partial charge in [0, 0.05) is 23.5 Å². The molecule has 1 unspecified atom stereocenters. The van der Waals surface area contributed by atoms with Gasteiger partial charge in [0.25, 0.3) is 0 Å². The minimum Gasteiger partial charge on any atom is -0.504 e. The summed E-state index contributed by atoms with van der Waals surface area (Å²) in [4.78, 5) is 25.8. The molecule has 0 fully saturated rings. The van der Waals surface area contributed by atoms with Crippen LogP contribution in [-0.2, 0) is 0 Å². The summed E-state index contributed by atoms with van der Waals surface area (Å²) >= 11 is 0. The summed E-state index contributed by atoms with van der Waals surface area (Å²) in [5.41, 5.74) is 0.0908. The lowest BCUT2D eigenvalue weighted by atomic mass is 9.93. The third kappa shape index (κ3) is 3.38. The molecule has 2 aromatic carbocycles. The number of carbonyl (C=O) groups is 2. The maximum absolute atomic E-state index is 13.1. The van der Waals surface area contributed by atoms with E-state index in [0.29, 0.717) is 12.8 Å². The van der Waals surface area contributed by atoms with Crippen LogP contribution < -0.4 is 9.47 Å². The zero-order valence-electron chi connectivity index (χ0n) is 16.9. The number of phenolic OH excluding ortho intramolecular Hbond substituents is 4. The number of carbonyl (C=O) groups excluding carboxylic acids is 2. The van der Waals surface area contributed by atoms with E-state index >= 15 is 0 Å². The molecule has 0 saturated carbocycles. The van der Waals surface area contributed by atoms with E-state index < -0.39 is 28.8 Å². The van der Waals surface area contributed by atoms with Gasteiger partial charge >= 0.3 is 5.79 Å². The number of rotatable bonds is 7. The second-order valence-electron chi connectivity index (χ2n) is 7.20. The quantitative estimate of drug-likeness (QED) is 0.395. The molecule has 0 amide bonds. The minimum absolute atomic E-state index is 0.0260. The van der Waals surface area contributed by atoms with Crippen LogP contribution in [0.15, 0.2) is 24.3 Å². The second-order valence-corrected chi connectivity index (χ2v) is 7.20. The van der Waals surface area contributed by atoms with Crippen LogP contribution in [0, 0.1) is 5.92 Å². The maximum Gasteiger partial charge on any atom is 0.316 e. The van der Waals surface area contributed by atoms with E-state index in [2.05, 4.69) is 0 Å². The summed E-state index contributed by atoms with van der Waals surface area (Å²) in [6, 6.07) is 4.68. The Labute approximate surface area is 173 Å². The molecule has 4 N–H and O–H groups in total. The van der Waals surface area contributed by atoms with Crippen LogP contribution in [0.3, 0.4) is 0 Å². The van der Waals surface area contributed by atoms with Crippen molar-refractivity contribution in [2.75, 3.05) is 0 Å². The van der Waals surface area contributed by atoms with E-state index in [1.807, 2.05) is 13.8 Å². The number of hydrogen-bond acceptors (Lipinski definition) is 8. The van der Waals surface area contributed by atoms with Crippen LogP contribution in [0.5, 0.6) is 34.5 Å². The molecular weight excluding hydrogens is 392 g/mol. The normalized spacial score (nSPS) is 17.3. The first-order chi connectivity index (χ1) is 14.2. The van der Waals surface area contributed by atoms with Crippen LogP contribution in [0.2, 0.25) is 0 Å². The van der Waals surface area contributed by atoms with Crippen molar-refractivity contribution in [1.82, 2.24) is 0 Å². The molecule has 8 heteroatoms. The molecule has 0 aliphatic carbocycles. The van der Waals surface area contributed by atoms with Gasteiger partial charge in [-0.2, -0.15) is 0 Å². The summed E-state index contributed by atoms with van der Waals surface area (Å²) in [6.45, 7) is 5.43. The minimum atomic E-state index is -1.87. The molecule has 160 valence electrons. The second kappa shape index (κ2) is 7.78. The first kappa shape index (κ1) is 21.3. The van der Waals surface area contributed by atoms with Gasteiger partial charge in [0.15, 0.2) is 34.5 Å². The number of ether oxygens (including phenoxy) is 2. The average Bonchev–Trinajstić information content (AvgIpc) is 3.12. The molecule has 3 rings (SSSR count). The summed E-state index contributed by atoms with van der Waals surface area (Å²) in [7, 11) is 0. The van der Waals surface area contributed by atoms with Crippen LogP contribution in [0.25, 0.3) is 0 Å². The zero-order chi connectivity index (χ0) is 22.2. The maximum atomic E-state index is 13.1. The molecule has 1 atom stereocenters. The van der Waals surface area contributed by atoms with Gasteiger partial charge in [0.2, 0.25) is 11.5 Å². The third-order valence-corrected chi connectivity index (χ3v) is 5.36. The monoisotopic (exact) mass is 416 g/mol. The van der Waals surface area contributed by atoms with Crippen molar-refractivity contribution in [1.29, 1.82) is 0 Å². The van der Waals surface area contributed by atoms with Gasteiger partial charge in [-0.15, -0.1) is 0 Å². The fraction of sp³-hybridized carbons (Fsp3) is 0.364. The first-order valence-electron chi connectivity index (χ1n) is 9.76. The van der Waals surface area contributed by atoms with Gasteiger partial charge in [-0.25, -0.2) is 0 Å². The molecule has 30 heavy (non-hydrogen) atoms. The molecule has 8 nitrogen and oxygen atoms in total. The van der Waals surface area contributed by atoms with E-state index in [4.69, 9.17) is 9.47 Å². The van der Waals surface area contributed by atoms with Gasteiger partial charge in [0.05, 0.1) is 0 Å². The lowest BCUT2D eigenvalue weighted by Crippen LogP contribution is -2.46. The van der Waals surface area contributed by atoms with Gasteiger partial charge in [-0.05, 0) is 37.1 Å². The van der Waals surface area contributed by atoms with Crippen LogP contribution >= 0.6 is 0 Å². The lowest BCUT2D eigenvalue weighted by molar-refractivity contribution is -0.0513. The molecule has 0 spiro atoms. The molecule has 0 bridgehead atoms. The molecule has 0 radical (unpaired) electrons. The Morgan fingerprint density at radius 3 is 1.97 bits per heavy atom. The van der Waals surface area contributed by atoms with E-state index in [1.165, 1.54) is 12.1 Å². The molecule has 2 aromatic rings. The molecule has 1 aliphatic rings. The molecule has 0 saturated heterocycles. The Morgan fingerprint density at radius 1 is 0.867 bits per heavy atom. The fourth-order valence-corrected chi connectivity index (χ4v) is 3.52. The Kier molecular flexibility index (Phi) is 5.52. The molecule has 0 aromatic heterocycles. The Bertz CT molecular complexity index is 985. The van der Waals surface area contributed by atoms with Gasteiger partial charge < -0.3 is 29.9 Å². The third-order valence-electron chi connectivity index (χ3n) is 5.36. The fourth-order valence-electron chi connectivity index (χ4n) is 3.52. The number of benzene rings is 2. The van der Waals surface area contributed by atoms with Crippen molar-refractivity contribution < 1.29 is 39.5 Å². The van der Waals surface area contributed by atoms with Gasteiger partial charge in [-0.3, -0.25) is 9.59 Å². The predicted octanol–water partition coefficient (Wildman–Crippen LogP) is 3.89. The lowest BCUT2D eigenvalue weighted by Gasteiger charge is -2.24. The molecule has 1 aliphatic heterocycles. The van der Waals surface area contributed by atoms with Crippen molar-refractivity contribution >= 4 is 11.6 Å². The predicted molar refractivity (Wildman–Crippen MR) is 107 cm³/mol. The molecule has 1 heterocycles. The Morgan fingerprint density at radius 2 is 1.43 bits per heavy atom. The van der Waals surface area contributed by atoms with Crippen LogP contribution in [0.4, 0.5) is 0 Å². The molecular formula is C22H24O8. The number of ketones is 2. The summed E-state index contributed by atoms with van der Waals surface area (Å²) in [5.74, 6) is -5.42. The summed E-state index contributed by atoms with van der Waals surface area (Å²) in [6.07, 6.45) is 1.32. The number of aromatic hydroxyl groups is 4. The Balaban J connectivity index is 1.99. The number of phenols is 4. The van der Waals surface area contributed by atoms with Crippen molar-refractivity contribution in [3.63, 3.8) is 0 Å². The van der Waals surface area contributed by atoms with E-state index in [1.54, 1.807) is 6.92 Å². The van der Waals surface area contributed by atoms with Crippen molar-refractivity contribution in [3.8, 4) is 34.5 Å². The highest BCUT2D eigenvalue weighted by molar-refractivity contribution is 6.04. The van der Waals surface area contributed by atoms with Gasteiger partial charge in [0.1, 0.15) is 0 Å². The highest BCUT2D eigenvalue weighted by Gasteiger charge is 2.49. The highest BCUT2D eigenvalue weighted by Crippen LogP contribution is 2.49. The largest absolute Gasteiger partial charge is 0.504 e. The summed E-state index contributed by atoms with van der Waals surface area (Å²) < 4.78 is 11.5. The van der Waals surface area contributed by atoms with Crippen molar-refractivity contribution in [3.05, 3.63) is 35.4 Å². The zero-order valence-corrected chi connectivity index (χ0v) is 16.9. The highest BCUT2D eigenvalue weighted by atomic mass is 16.7. The number of fused-ring (bicyclic) bond motifs is 1. The number of Topliss-reactive ketones (excluding diaryl/α,β-unsaturated/α-hetero) is 2. The standard InChI is InChI=1S/C22H24O8/c1-4-11(5-2)18(26)12-7-16(25)20-17(10-12)29-22(6-3,30-20)21(28)13-8-14(23)19(27)15(24)9-13/h7-11,23-25,27H,4-6H2,1-3H3. The van der Waals surface area contributed by atoms with Crippen molar-refractivity contribution in [2.45, 2.75) is 45.8 Å². The number of hydrogen-bond donors (Lipinski definition) is 4. The Hall–Kier alpha value is -3.42.